The molecule has 2 aromatic heterocycles. The van der Waals surface area contributed by atoms with Gasteiger partial charge in [-0.15, -0.1) is 0 Å². The van der Waals surface area contributed by atoms with E-state index in [1.165, 1.54) is 10.4 Å². The van der Waals surface area contributed by atoms with E-state index in [9.17, 15) is 8.42 Å². The molecule has 144 valence electrons. The molecule has 1 aromatic carbocycles. The summed E-state index contributed by atoms with van der Waals surface area (Å²) < 4.78 is 39.7. The van der Waals surface area contributed by atoms with E-state index in [4.69, 9.17) is 9.47 Å². The Morgan fingerprint density at radius 3 is 2.82 bits per heavy atom. The van der Waals surface area contributed by atoms with Crippen molar-refractivity contribution in [3.05, 3.63) is 66.0 Å². The predicted octanol–water partition coefficient (Wildman–Crippen LogP) is 1.91. The molecule has 5 rings (SSSR count). The first kappa shape index (κ1) is 17.2. The average Bonchev–Trinajstić information content (AvgIpc) is 3.22. The number of nitrogens with zero attached hydrogens (tertiary/aromatic N) is 3. The second-order valence-electron chi connectivity index (χ2n) is 6.63. The zero-order valence-corrected chi connectivity index (χ0v) is 15.7. The van der Waals surface area contributed by atoms with Crippen LogP contribution in [-0.2, 0) is 16.4 Å². The molecule has 3 aromatic rings. The van der Waals surface area contributed by atoms with Gasteiger partial charge in [-0.05, 0) is 23.8 Å². The Labute approximate surface area is 162 Å². The van der Waals surface area contributed by atoms with Gasteiger partial charge in [0.2, 0.25) is 10.0 Å². The van der Waals surface area contributed by atoms with Crippen LogP contribution >= 0.6 is 0 Å². The molecule has 2 aliphatic rings. The molecule has 0 spiro atoms. The van der Waals surface area contributed by atoms with Crippen LogP contribution in [0.25, 0.3) is 0 Å². The normalized spacial score (nSPS) is 19.2. The van der Waals surface area contributed by atoms with Gasteiger partial charge in [0.05, 0.1) is 23.0 Å². The van der Waals surface area contributed by atoms with Crippen molar-refractivity contribution in [2.45, 2.75) is 17.4 Å². The van der Waals surface area contributed by atoms with Crippen molar-refractivity contribution < 1.29 is 17.9 Å². The van der Waals surface area contributed by atoms with E-state index < -0.39 is 16.1 Å². The largest absolute Gasteiger partial charge is 0.486 e. The number of hydrogen-bond donors (Lipinski definition) is 1. The summed E-state index contributed by atoms with van der Waals surface area (Å²) in [4.78, 5) is 11.9. The maximum absolute atomic E-state index is 13.6. The maximum atomic E-state index is 13.6. The number of benzene rings is 1. The molecular formula is C19H18N4O4S. The van der Waals surface area contributed by atoms with Gasteiger partial charge in [-0.1, -0.05) is 6.07 Å². The predicted molar refractivity (Wildman–Crippen MR) is 99.7 cm³/mol. The number of H-pyrrole nitrogens is 1. The van der Waals surface area contributed by atoms with Crippen LogP contribution in [0, 0.1) is 0 Å². The average molecular weight is 398 g/mol. The number of aromatic amines is 1. The second-order valence-corrected chi connectivity index (χ2v) is 8.52. The van der Waals surface area contributed by atoms with Crippen LogP contribution in [0.3, 0.4) is 0 Å². The Kier molecular flexibility index (Phi) is 4.06. The molecule has 0 saturated carbocycles. The molecule has 4 heterocycles. The molecule has 2 aliphatic heterocycles. The lowest BCUT2D eigenvalue weighted by Gasteiger charge is -2.34. The first-order valence-corrected chi connectivity index (χ1v) is 10.4. The van der Waals surface area contributed by atoms with Crippen molar-refractivity contribution in [2.24, 2.45) is 0 Å². The summed E-state index contributed by atoms with van der Waals surface area (Å²) in [5.74, 6) is 1.00. The van der Waals surface area contributed by atoms with Gasteiger partial charge in [0.15, 0.2) is 11.5 Å². The lowest BCUT2D eigenvalue weighted by atomic mass is 9.99. The zero-order valence-electron chi connectivity index (χ0n) is 14.9. The van der Waals surface area contributed by atoms with Gasteiger partial charge in [-0.3, -0.25) is 4.98 Å². The summed E-state index contributed by atoms with van der Waals surface area (Å²) in [6, 6.07) is 7.86. The third-order valence-electron chi connectivity index (χ3n) is 5.00. The van der Waals surface area contributed by atoms with E-state index in [1.807, 2.05) is 6.07 Å². The van der Waals surface area contributed by atoms with Gasteiger partial charge in [0, 0.05) is 37.1 Å². The maximum Gasteiger partial charge on any atom is 0.244 e. The highest BCUT2D eigenvalue weighted by molar-refractivity contribution is 7.89. The van der Waals surface area contributed by atoms with Crippen LogP contribution in [0.1, 0.15) is 23.0 Å². The van der Waals surface area contributed by atoms with Crippen LogP contribution in [-0.4, -0.2) is 47.4 Å². The fourth-order valence-corrected chi connectivity index (χ4v) is 5.29. The number of aromatic nitrogens is 3. The molecule has 0 radical (unpaired) electrons. The van der Waals surface area contributed by atoms with Gasteiger partial charge in [-0.25, -0.2) is 13.4 Å². The molecular weight excluding hydrogens is 380 g/mol. The molecule has 0 bridgehead atoms. The number of sulfonamides is 1. The molecule has 9 heteroatoms. The van der Waals surface area contributed by atoms with Crippen LogP contribution in [0.15, 0.2) is 53.9 Å². The Balaban J connectivity index is 1.60. The highest BCUT2D eigenvalue weighted by atomic mass is 32.2. The minimum absolute atomic E-state index is 0.171. The monoisotopic (exact) mass is 398 g/mol. The summed E-state index contributed by atoms with van der Waals surface area (Å²) in [7, 11) is -3.80. The third kappa shape index (κ3) is 2.74. The topological polar surface area (TPSA) is 97.4 Å². The van der Waals surface area contributed by atoms with E-state index in [2.05, 4.69) is 15.0 Å². The second kappa shape index (κ2) is 6.61. The number of fused-ring (bicyclic) bond motifs is 2. The van der Waals surface area contributed by atoms with Crippen LogP contribution in [0.5, 0.6) is 11.5 Å². The van der Waals surface area contributed by atoms with E-state index in [-0.39, 0.29) is 4.90 Å². The number of rotatable bonds is 3. The number of imidazole rings is 1. The molecule has 0 fully saturated rings. The molecule has 8 nitrogen and oxygen atoms in total. The van der Waals surface area contributed by atoms with Crippen molar-refractivity contribution in [1.29, 1.82) is 0 Å². The van der Waals surface area contributed by atoms with Gasteiger partial charge in [0.25, 0.3) is 0 Å². The van der Waals surface area contributed by atoms with Crippen LogP contribution in [0.4, 0.5) is 0 Å². The molecule has 1 unspecified atom stereocenters. The number of hydrogen-bond acceptors (Lipinski definition) is 6. The molecule has 0 aliphatic carbocycles. The molecule has 1 atom stereocenters. The molecule has 28 heavy (non-hydrogen) atoms. The molecule has 0 saturated heterocycles. The zero-order chi connectivity index (χ0) is 19.1. The van der Waals surface area contributed by atoms with E-state index in [0.717, 1.165) is 11.3 Å². The van der Waals surface area contributed by atoms with Crippen molar-refractivity contribution in [1.82, 2.24) is 19.3 Å². The quantitative estimate of drug-likeness (QED) is 0.724. The van der Waals surface area contributed by atoms with Crippen LogP contribution < -0.4 is 9.47 Å². The fraction of sp³-hybridized carbons (Fsp3) is 0.263. The minimum Gasteiger partial charge on any atom is -0.486 e. The summed E-state index contributed by atoms with van der Waals surface area (Å²) in [5, 5.41) is 0. The van der Waals surface area contributed by atoms with Crippen LogP contribution in [0.2, 0.25) is 0 Å². The third-order valence-corrected chi connectivity index (χ3v) is 6.86. The number of ether oxygens (including phenoxy) is 2. The minimum atomic E-state index is -3.80. The van der Waals surface area contributed by atoms with E-state index in [1.54, 1.807) is 36.9 Å². The highest BCUT2D eigenvalue weighted by Gasteiger charge is 2.39. The smallest absolute Gasteiger partial charge is 0.244 e. The van der Waals surface area contributed by atoms with Crippen molar-refractivity contribution >= 4 is 10.0 Å². The number of pyridine rings is 1. The Morgan fingerprint density at radius 1 is 1.14 bits per heavy atom. The first-order chi connectivity index (χ1) is 13.6. The van der Waals surface area contributed by atoms with Crippen molar-refractivity contribution in [3.8, 4) is 11.5 Å². The van der Waals surface area contributed by atoms with Gasteiger partial charge in [0.1, 0.15) is 13.2 Å². The standard InChI is InChI=1S/C19H18N4O4S/c24-28(25,14-3-4-16-17(10-14)27-9-8-26-16)23-7-5-15-18(22-12-21-15)19(23)13-2-1-6-20-11-13/h1-4,6,10-12,19H,5,7-9H2,(H,21,22). The summed E-state index contributed by atoms with van der Waals surface area (Å²) >= 11 is 0. The Morgan fingerprint density at radius 2 is 2.00 bits per heavy atom. The summed E-state index contributed by atoms with van der Waals surface area (Å²) in [5.41, 5.74) is 2.43. The Bertz CT molecular complexity index is 1110. The summed E-state index contributed by atoms with van der Waals surface area (Å²) in [6.07, 6.45) is 5.52. The lowest BCUT2D eigenvalue weighted by Crippen LogP contribution is -2.40. The Hall–Kier alpha value is -2.91. The van der Waals surface area contributed by atoms with E-state index >= 15 is 0 Å². The molecule has 0 amide bonds. The SMILES string of the molecule is O=S(=O)(c1ccc2c(c1)OCCO2)N1CCc2[nH]cnc2C1c1cccnc1. The van der Waals surface area contributed by atoms with Gasteiger partial charge < -0.3 is 14.5 Å². The van der Waals surface area contributed by atoms with Crippen molar-refractivity contribution in [2.75, 3.05) is 19.8 Å². The highest BCUT2D eigenvalue weighted by Crippen LogP contribution is 2.39. The van der Waals surface area contributed by atoms with E-state index in [0.29, 0.717) is 43.4 Å². The molecule has 1 N–H and O–H groups in total. The number of nitrogens with one attached hydrogen (secondary N) is 1. The lowest BCUT2D eigenvalue weighted by molar-refractivity contribution is 0.171. The fourth-order valence-electron chi connectivity index (χ4n) is 3.70. The van der Waals surface area contributed by atoms with Gasteiger partial charge in [-0.2, -0.15) is 4.31 Å². The van der Waals surface area contributed by atoms with Gasteiger partial charge >= 0.3 is 0 Å². The van der Waals surface area contributed by atoms with Crippen molar-refractivity contribution in [3.63, 3.8) is 0 Å². The summed E-state index contributed by atoms with van der Waals surface area (Å²) in [6.45, 7) is 1.19. The first-order valence-electron chi connectivity index (χ1n) is 8.98.